The van der Waals surface area contributed by atoms with Crippen molar-refractivity contribution in [2.45, 2.75) is 25.5 Å². The number of fused-ring (bicyclic) bond motifs is 1. The largest absolute Gasteiger partial charge is 0.493 e. The third kappa shape index (κ3) is 4.59. The number of aromatic amines is 1. The minimum Gasteiger partial charge on any atom is -0.493 e. The standard InChI is InChI=1S/C21H25N3O3S/c1-5-24(12-15-7-9-18(26-3)19(11-15)27-4)20(25)13-28-21-22-16-8-6-14(2)10-17(16)23-21/h6-11H,5,12-13H2,1-4H3,(H,22,23). The second kappa shape index (κ2) is 9.01. The molecule has 0 saturated carbocycles. The van der Waals surface area contributed by atoms with Crippen LogP contribution in [0.1, 0.15) is 18.1 Å². The van der Waals surface area contributed by atoms with Gasteiger partial charge in [-0.1, -0.05) is 23.9 Å². The van der Waals surface area contributed by atoms with Crippen LogP contribution < -0.4 is 9.47 Å². The minimum absolute atomic E-state index is 0.0684. The summed E-state index contributed by atoms with van der Waals surface area (Å²) in [4.78, 5) is 22.3. The van der Waals surface area contributed by atoms with Crippen molar-refractivity contribution >= 4 is 28.7 Å². The molecule has 3 aromatic rings. The first-order valence-corrected chi connectivity index (χ1v) is 10.1. The Balaban J connectivity index is 1.64. The molecular formula is C21H25N3O3S. The third-order valence-corrected chi connectivity index (χ3v) is 5.36. The first-order valence-electron chi connectivity index (χ1n) is 9.12. The van der Waals surface area contributed by atoms with Gasteiger partial charge in [0.1, 0.15) is 0 Å². The quantitative estimate of drug-likeness (QED) is 0.579. The molecule has 148 valence electrons. The van der Waals surface area contributed by atoms with Gasteiger partial charge in [-0.3, -0.25) is 4.79 Å². The molecule has 0 saturated heterocycles. The number of carbonyl (C=O) groups excluding carboxylic acids is 1. The topological polar surface area (TPSA) is 67.5 Å². The zero-order chi connectivity index (χ0) is 20.1. The monoisotopic (exact) mass is 399 g/mol. The van der Waals surface area contributed by atoms with Crippen molar-refractivity contribution in [3.8, 4) is 11.5 Å². The summed E-state index contributed by atoms with van der Waals surface area (Å²) < 4.78 is 10.6. The lowest BCUT2D eigenvalue weighted by molar-refractivity contribution is -0.128. The van der Waals surface area contributed by atoms with Gasteiger partial charge in [-0.2, -0.15) is 0 Å². The number of hydrogen-bond donors (Lipinski definition) is 1. The normalized spacial score (nSPS) is 10.9. The van der Waals surface area contributed by atoms with Crippen LogP contribution in [0.2, 0.25) is 0 Å². The van der Waals surface area contributed by atoms with E-state index in [9.17, 15) is 4.79 Å². The van der Waals surface area contributed by atoms with E-state index in [1.807, 2.05) is 49.1 Å². The van der Waals surface area contributed by atoms with Gasteiger partial charge in [0.15, 0.2) is 16.7 Å². The third-order valence-electron chi connectivity index (χ3n) is 4.50. The van der Waals surface area contributed by atoms with Crippen LogP contribution in [0.5, 0.6) is 11.5 Å². The maximum atomic E-state index is 12.7. The number of nitrogens with one attached hydrogen (secondary N) is 1. The molecule has 2 aromatic carbocycles. The number of aromatic nitrogens is 2. The minimum atomic E-state index is 0.0684. The summed E-state index contributed by atoms with van der Waals surface area (Å²) in [7, 11) is 3.21. The van der Waals surface area contributed by atoms with Crippen molar-refractivity contribution in [2.24, 2.45) is 0 Å². The molecule has 0 atom stereocenters. The van der Waals surface area contributed by atoms with E-state index in [1.165, 1.54) is 17.3 Å². The zero-order valence-electron chi connectivity index (χ0n) is 16.6. The number of aryl methyl sites for hydroxylation is 1. The number of thioether (sulfide) groups is 1. The van der Waals surface area contributed by atoms with E-state index in [0.717, 1.165) is 21.8 Å². The van der Waals surface area contributed by atoms with Crippen LogP contribution in [0.3, 0.4) is 0 Å². The lowest BCUT2D eigenvalue weighted by atomic mass is 10.2. The van der Waals surface area contributed by atoms with E-state index < -0.39 is 0 Å². The van der Waals surface area contributed by atoms with Gasteiger partial charge in [0.2, 0.25) is 5.91 Å². The lowest BCUT2D eigenvalue weighted by Gasteiger charge is -2.21. The fraction of sp³-hybridized carbons (Fsp3) is 0.333. The molecule has 0 unspecified atom stereocenters. The molecule has 1 heterocycles. The Bertz CT molecular complexity index is 971. The molecule has 0 radical (unpaired) electrons. The number of methoxy groups -OCH3 is 2. The second-order valence-corrected chi connectivity index (χ2v) is 7.41. The SMILES string of the molecule is CCN(Cc1ccc(OC)c(OC)c1)C(=O)CSc1nc2ccc(C)cc2[nH]1. The van der Waals surface area contributed by atoms with E-state index in [1.54, 1.807) is 14.2 Å². The Labute approximate surface area is 169 Å². The van der Waals surface area contributed by atoms with E-state index in [2.05, 4.69) is 16.0 Å². The van der Waals surface area contributed by atoms with Gasteiger partial charge < -0.3 is 19.4 Å². The molecule has 1 N–H and O–H groups in total. The van der Waals surface area contributed by atoms with Crippen LogP contribution in [0, 0.1) is 6.92 Å². The molecule has 0 bridgehead atoms. The first-order chi connectivity index (χ1) is 13.5. The molecule has 3 rings (SSSR count). The second-order valence-electron chi connectivity index (χ2n) is 6.45. The number of ether oxygens (including phenoxy) is 2. The Morgan fingerprint density at radius 2 is 1.93 bits per heavy atom. The summed E-state index contributed by atoms with van der Waals surface area (Å²) in [5.74, 6) is 1.74. The summed E-state index contributed by atoms with van der Waals surface area (Å²) in [6.45, 7) is 5.18. The molecule has 7 heteroatoms. The Kier molecular flexibility index (Phi) is 6.46. The summed E-state index contributed by atoms with van der Waals surface area (Å²) >= 11 is 1.43. The van der Waals surface area contributed by atoms with Crippen LogP contribution >= 0.6 is 11.8 Å². The smallest absolute Gasteiger partial charge is 0.233 e. The Morgan fingerprint density at radius 3 is 2.64 bits per heavy atom. The van der Waals surface area contributed by atoms with Gasteiger partial charge in [-0.05, 0) is 49.2 Å². The number of amides is 1. The number of H-pyrrole nitrogens is 1. The molecule has 0 spiro atoms. The molecule has 0 aliphatic carbocycles. The molecule has 0 fully saturated rings. The van der Waals surface area contributed by atoms with Gasteiger partial charge in [0, 0.05) is 13.1 Å². The van der Waals surface area contributed by atoms with Gasteiger partial charge >= 0.3 is 0 Å². The van der Waals surface area contributed by atoms with Crippen LogP contribution in [-0.2, 0) is 11.3 Å². The van der Waals surface area contributed by atoms with Crippen LogP contribution in [-0.4, -0.2) is 47.3 Å². The summed E-state index contributed by atoms with van der Waals surface area (Å²) in [6, 6.07) is 11.8. The van der Waals surface area contributed by atoms with Crippen molar-refractivity contribution < 1.29 is 14.3 Å². The Hall–Kier alpha value is -2.67. The number of carbonyl (C=O) groups is 1. The van der Waals surface area contributed by atoms with Gasteiger partial charge in [0.05, 0.1) is 31.0 Å². The highest BCUT2D eigenvalue weighted by Crippen LogP contribution is 2.28. The molecule has 0 aliphatic heterocycles. The predicted molar refractivity (Wildman–Crippen MR) is 112 cm³/mol. The zero-order valence-corrected chi connectivity index (χ0v) is 17.4. The van der Waals surface area contributed by atoms with Gasteiger partial charge in [-0.15, -0.1) is 0 Å². The fourth-order valence-corrected chi connectivity index (χ4v) is 3.75. The van der Waals surface area contributed by atoms with E-state index >= 15 is 0 Å². The molecule has 28 heavy (non-hydrogen) atoms. The fourth-order valence-electron chi connectivity index (χ4n) is 2.97. The van der Waals surface area contributed by atoms with E-state index in [4.69, 9.17) is 9.47 Å². The first kappa shape index (κ1) is 20.1. The highest BCUT2D eigenvalue weighted by molar-refractivity contribution is 7.99. The van der Waals surface area contributed by atoms with Gasteiger partial charge in [-0.25, -0.2) is 4.98 Å². The maximum Gasteiger partial charge on any atom is 0.233 e. The summed E-state index contributed by atoms with van der Waals surface area (Å²) in [5, 5.41) is 0.760. The van der Waals surface area contributed by atoms with Crippen molar-refractivity contribution in [3.05, 3.63) is 47.5 Å². The maximum absolute atomic E-state index is 12.7. The summed E-state index contributed by atoms with van der Waals surface area (Å²) in [6.07, 6.45) is 0. The van der Waals surface area contributed by atoms with E-state index in [0.29, 0.717) is 30.3 Å². The van der Waals surface area contributed by atoms with Crippen molar-refractivity contribution in [3.63, 3.8) is 0 Å². The van der Waals surface area contributed by atoms with Gasteiger partial charge in [0.25, 0.3) is 0 Å². The number of benzene rings is 2. The molecular weight excluding hydrogens is 374 g/mol. The van der Waals surface area contributed by atoms with Crippen LogP contribution in [0.25, 0.3) is 11.0 Å². The van der Waals surface area contributed by atoms with Crippen molar-refractivity contribution in [1.82, 2.24) is 14.9 Å². The van der Waals surface area contributed by atoms with Crippen LogP contribution in [0.15, 0.2) is 41.6 Å². The summed E-state index contributed by atoms with van der Waals surface area (Å²) in [5.41, 5.74) is 4.08. The van der Waals surface area contributed by atoms with Crippen molar-refractivity contribution in [2.75, 3.05) is 26.5 Å². The lowest BCUT2D eigenvalue weighted by Crippen LogP contribution is -2.31. The average molecular weight is 400 g/mol. The number of nitrogens with zero attached hydrogens (tertiary/aromatic N) is 2. The molecule has 1 amide bonds. The number of imidazole rings is 1. The highest BCUT2D eigenvalue weighted by Gasteiger charge is 2.15. The average Bonchev–Trinajstić information content (AvgIpc) is 3.11. The number of rotatable bonds is 8. The molecule has 0 aliphatic rings. The number of hydrogen-bond acceptors (Lipinski definition) is 5. The van der Waals surface area contributed by atoms with E-state index in [-0.39, 0.29) is 5.91 Å². The Morgan fingerprint density at radius 1 is 1.14 bits per heavy atom. The van der Waals surface area contributed by atoms with Crippen LogP contribution in [0.4, 0.5) is 0 Å². The highest BCUT2D eigenvalue weighted by atomic mass is 32.2. The molecule has 6 nitrogen and oxygen atoms in total. The predicted octanol–water partition coefficient (Wildman–Crippen LogP) is 4.03. The molecule has 1 aromatic heterocycles. The van der Waals surface area contributed by atoms with Crippen molar-refractivity contribution in [1.29, 1.82) is 0 Å².